The summed E-state index contributed by atoms with van der Waals surface area (Å²) in [6.45, 7) is 2.18. The smallest absolute Gasteiger partial charge is 0.338 e. The molecule has 4 N–H and O–H groups in total. The Bertz CT molecular complexity index is 505. The lowest BCUT2D eigenvalue weighted by Gasteiger charge is -2.25. The quantitative estimate of drug-likeness (QED) is 0.585. The van der Waals surface area contributed by atoms with Gasteiger partial charge < -0.3 is 16.2 Å². The predicted octanol–water partition coefficient (Wildman–Crippen LogP) is 3.49. The monoisotopic (exact) mass is 280 g/mol. The van der Waals surface area contributed by atoms with Gasteiger partial charge in [0.1, 0.15) is 5.82 Å². The molecule has 1 aromatic carbocycles. The maximum atomic E-state index is 13.7. The van der Waals surface area contributed by atoms with E-state index in [1.807, 2.05) is 0 Å². The highest BCUT2D eigenvalue weighted by molar-refractivity contribution is 5.90. The topological polar surface area (TPSA) is 75.3 Å². The Morgan fingerprint density at radius 3 is 2.75 bits per heavy atom. The summed E-state index contributed by atoms with van der Waals surface area (Å²) in [5, 5.41) is 12.2. The van der Waals surface area contributed by atoms with Crippen molar-refractivity contribution in [1.29, 1.82) is 0 Å². The lowest BCUT2D eigenvalue weighted by Crippen LogP contribution is -2.26. The highest BCUT2D eigenvalue weighted by atomic mass is 19.1. The molecule has 2 unspecified atom stereocenters. The molecule has 0 aromatic heterocycles. The lowest BCUT2D eigenvalue weighted by atomic mass is 9.96. The SMILES string of the molecule is CC1CCCCCC1Nc1cc(F)c(C(=O)O)cc1N. The standard InChI is InChI=1S/C15H21FN2O2/c1-9-5-3-2-4-6-13(9)18-14-8-11(16)10(15(19)20)7-12(14)17/h7-9,13,18H,2-6,17H2,1H3,(H,19,20). The van der Waals surface area contributed by atoms with Crippen molar-refractivity contribution < 1.29 is 14.3 Å². The first-order valence-corrected chi connectivity index (χ1v) is 7.08. The number of benzene rings is 1. The van der Waals surface area contributed by atoms with Crippen molar-refractivity contribution in [2.24, 2.45) is 5.92 Å². The molecule has 1 aliphatic rings. The molecule has 110 valence electrons. The minimum absolute atomic E-state index is 0.259. The maximum absolute atomic E-state index is 13.7. The number of hydrogen-bond donors (Lipinski definition) is 3. The van der Waals surface area contributed by atoms with E-state index in [0.717, 1.165) is 19.3 Å². The van der Waals surface area contributed by atoms with E-state index in [0.29, 0.717) is 11.6 Å². The minimum atomic E-state index is -1.30. The predicted molar refractivity (Wildman–Crippen MR) is 77.4 cm³/mol. The lowest BCUT2D eigenvalue weighted by molar-refractivity contribution is 0.0692. The summed E-state index contributed by atoms with van der Waals surface area (Å²) >= 11 is 0. The van der Waals surface area contributed by atoms with Crippen LogP contribution in [0.3, 0.4) is 0 Å². The number of rotatable bonds is 3. The van der Waals surface area contributed by atoms with Crippen molar-refractivity contribution in [3.05, 3.63) is 23.5 Å². The van der Waals surface area contributed by atoms with Crippen molar-refractivity contribution in [1.82, 2.24) is 0 Å². The maximum Gasteiger partial charge on any atom is 0.338 e. The fraction of sp³-hybridized carbons (Fsp3) is 0.533. The van der Waals surface area contributed by atoms with Crippen LogP contribution in [-0.4, -0.2) is 17.1 Å². The van der Waals surface area contributed by atoms with Gasteiger partial charge in [0.15, 0.2) is 0 Å². The molecule has 2 atom stereocenters. The van der Waals surface area contributed by atoms with Crippen LogP contribution in [0, 0.1) is 11.7 Å². The number of hydrogen-bond acceptors (Lipinski definition) is 3. The van der Waals surface area contributed by atoms with E-state index in [-0.39, 0.29) is 17.3 Å². The summed E-state index contributed by atoms with van der Waals surface area (Å²) in [6, 6.07) is 2.63. The highest BCUT2D eigenvalue weighted by Gasteiger charge is 2.21. The molecule has 4 nitrogen and oxygen atoms in total. The molecule has 20 heavy (non-hydrogen) atoms. The van der Waals surface area contributed by atoms with Gasteiger partial charge in [-0.25, -0.2) is 9.18 Å². The van der Waals surface area contributed by atoms with E-state index < -0.39 is 11.8 Å². The first-order valence-electron chi connectivity index (χ1n) is 7.08. The highest BCUT2D eigenvalue weighted by Crippen LogP contribution is 2.29. The van der Waals surface area contributed by atoms with Gasteiger partial charge in [-0.2, -0.15) is 0 Å². The van der Waals surface area contributed by atoms with Gasteiger partial charge in [0, 0.05) is 6.04 Å². The van der Waals surface area contributed by atoms with Gasteiger partial charge in [-0.1, -0.05) is 26.2 Å². The number of nitrogens with two attached hydrogens (primary N) is 1. The van der Waals surface area contributed by atoms with Crippen molar-refractivity contribution in [3.8, 4) is 0 Å². The van der Waals surface area contributed by atoms with Crippen LogP contribution in [0.2, 0.25) is 0 Å². The Morgan fingerprint density at radius 1 is 1.35 bits per heavy atom. The number of carboxylic acid groups (broad SMARTS) is 1. The summed E-state index contributed by atoms with van der Waals surface area (Å²) in [7, 11) is 0. The van der Waals surface area contributed by atoms with Gasteiger partial charge in [-0.3, -0.25) is 0 Å². The number of aromatic carboxylic acids is 1. The van der Waals surface area contributed by atoms with E-state index in [4.69, 9.17) is 10.8 Å². The van der Waals surface area contributed by atoms with Gasteiger partial charge in [0.25, 0.3) is 0 Å². The van der Waals surface area contributed by atoms with Gasteiger partial charge >= 0.3 is 5.97 Å². The first-order chi connectivity index (χ1) is 9.49. The Labute approximate surface area is 118 Å². The molecule has 0 radical (unpaired) electrons. The number of nitrogen functional groups attached to an aromatic ring is 1. The average Bonchev–Trinajstić information content (AvgIpc) is 2.58. The minimum Gasteiger partial charge on any atom is -0.478 e. The van der Waals surface area contributed by atoms with Crippen LogP contribution in [0.4, 0.5) is 15.8 Å². The van der Waals surface area contributed by atoms with Crippen LogP contribution in [-0.2, 0) is 0 Å². The van der Waals surface area contributed by atoms with E-state index in [1.165, 1.54) is 25.0 Å². The van der Waals surface area contributed by atoms with Crippen LogP contribution in [0.5, 0.6) is 0 Å². The summed E-state index contributed by atoms with van der Waals surface area (Å²) in [6.07, 6.45) is 5.78. The van der Waals surface area contributed by atoms with Crippen LogP contribution < -0.4 is 11.1 Å². The molecule has 1 saturated carbocycles. The summed E-state index contributed by atoms with van der Waals surface area (Å²) in [4.78, 5) is 10.9. The molecule has 2 rings (SSSR count). The Kier molecular flexibility index (Phi) is 4.47. The summed E-state index contributed by atoms with van der Waals surface area (Å²) in [5.41, 5.74) is 6.22. The Morgan fingerprint density at radius 2 is 2.05 bits per heavy atom. The third-order valence-corrected chi connectivity index (χ3v) is 4.07. The average molecular weight is 280 g/mol. The molecule has 1 aliphatic carbocycles. The van der Waals surface area contributed by atoms with Crippen molar-refractivity contribution in [2.75, 3.05) is 11.1 Å². The van der Waals surface area contributed by atoms with E-state index in [2.05, 4.69) is 12.2 Å². The van der Waals surface area contributed by atoms with Crippen molar-refractivity contribution in [3.63, 3.8) is 0 Å². The fourth-order valence-electron chi connectivity index (χ4n) is 2.79. The van der Waals surface area contributed by atoms with Gasteiger partial charge in [-0.15, -0.1) is 0 Å². The summed E-state index contributed by atoms with van der Waals surface area (Å²) < 4.78 is 13.7. The molecule has 0 bridgehead atoms. The van der Waals surface area contributed by atoms with Gasteiger partial charge in [0.05, 0.1) is 16.9 Å². The molecule has 1 fully saturated rings. The number of anilines is 2. The van der Waals surface area contributed by atoms with Gasteiger partial charge in [0.2, 0.25) is 0 Å². The molecular weight excluding hydrogens is 259 g/mol. The largest absolute Gasteiger partial charge is 0.478 e. The zero-order chi connectivity index (χ0) is 14.7. The first kappa shape index (κ1) is 14.6. The zero-order valence-electron chi connectivity index (χ0n) is 11.7. The third-order valence-electron chi connectivity index (χ3n) is 4.07. The van der Waals surface area contributed by atoms with Crippen LogP contribution >= 0.6 is 0 Å². The number of carbonyl (C=O) groups is 1. The molecular formula is C15H21FN2O2. The van der Waals surface area contributed by atoms with Crippen molar-refractivity contribution >= 4 is 17.3 Å². The molecule has 0 heterocycles. The molecule has 0 aliphatic heterocycles. The normalized spacial score (nSPS) is 23.1. The van der Waals surface area contributed by atoms with E-state index in [1.54, 1.807) is 0 Å². The Balaban J connectivity index is 2.20. The Hall–Kier alpha value is -1.78. The molecule has 5 heteroatoms. The van der Waals surface area contributed by atoms with E-state index >= 15 is 0 Å². The second kappa shape index (κ2) is 6.11. The zero-order valence-corrected chi connectivity index (χ0v) is 11.7. The number of nitrogens with one attached hydrogen (secondary N) is 1. The van der Waals surface area contributed by atoms with Crippen LogP contribution in [0.25, 0.3) is 0 Å². The van der Waals surface area contributed by atoms with Crippen LogP contribution in [0.15, 0.2) is 12.1 Å². The van der Waals surface area contributed by atoms with Gasteiger partial charge in [-0.05, 0) is 30.9 Å². The number of carboxylic acids is 1. The molecule has 0 amide bonds. The molecule has 0 saturated heterocycles. The second-order valence-corrected chi connectivity index (χ2v) is 5.59. The summed E-state index contributed by atoms with van der Waals surface area (Å²) in [5.74, 6) is -1.56. The molecule has 0 spiro atoms. The number of halogens is 1. The fourth-order valence-corrected chi connectivity index (χ4v) is 2.79. The third kappa shape index (κ3) is 3.21. The van der Waals surface area contributed by atoms with Crippen LogP contribution in [0.1, 0.15) is 49.4 Å². The van der Waals surface area contributed by atoms with Crippen molar-refractivity contribution in [2.45, 2.75) is 45.1 Å². The molecule has 1 aromatic rings. The van der Waals surface area contributed by atoms with E-state index in [9.17, 15) is 9.18 Å². The second-order valence-electron chi connectivity index (χ2n) is 5.59.